The number of halogens is 3. The molecule has 88 heavy (non-hydrogen) atoms. The number of carbonyl (C=O) groups is 3. The smallest absolute Gasteiger partial charge is 0.356 e. The molecule has 452 valence electrons. The molecule has 0 spiro atoms. The van der Waals surface area contributed by atoms with Crippen molar-refractivity contribution in [1.82, 2.24) is 58.6 Å². The van der Waals surface area contributed by atoms with Gasteiger partial charge in [-0.05, 0) is 142 Å². The monoisotopic (exact) mass is 1250 g/mol. The van der Waals surface area contributed by atoms with Gasteiger partial charge in [-0.15, -0.1) is 0 Å². The molecule has 0 bridgehead atoms. The fourth-order valence-corrected chi connectivity index (χ4v) is 11.2. The number of esters is 1. The molecule has 0 fully saturated rings. The number of amides is 1. The van der Waals surface area contributed by atoms with E-state index in [1.165, 1.54) is 88.5 Å². The largest absolute Gasteiger partial charge is 0.477 e. The summed E-state index contributed by atoms with van der Waals surface area (Å²) in [6, 6.07) is 47.4. The molecule has 5 heterocycles. The number of hydrogen-bond acceptors (Lipinski definition) is 12. The number of ether oxygens (including phenoxy) is 1. The third kappa shape index (κ3) is 15.2. The molecule has 0 unspecified atom stereocenters. The number of H-pyrrole nitrogens is 2. The second kappa shape index (κ2) is 29.5. The molecule has 0 aliphatic heterocycles. The van der Waals surface area contributed by atoms with Crippen LogP contribution in [0.15, 0.2) is 200 Å². The van der Waals surface area contributed by atoms with Gasteiger partial charge in [0, 0.05) is 68.9 Å². The Labute approximate surface area is 519 Å². The van der Waals surface area contributed by atoms with Crippen LogP contribution in [0, 0.1) is 40.8 Å². The van der Waals surface area contributed by atoms with E-state index in [0.29, 0.717) is 43.2 Å². The van der Waals surface area contributed by atoms with Gasteiger partial charge in [-0.3, -0.25) is 27.9 Å². The average molecular weight is 1250 g/mol. The number of thioether (sulfide) groups is 1. The molecule has 18 nitrogen and oxygen atoms in total. The summed E-state index contributed by atoms with van der Waals surface area (Å²) < 4.78 is 52.6. The van der Waals surface area contributed by atoms with Crippen molar-refractivity contribution in [1.29, 1.82) is 0 Å². The maximum absolute atomic E-state index is 13.7. The number of aromatic amines is 2. The van der Waals surface area contributed by atoms with Gasteiger partial charge in [0.15, 0.2) is 31.8 Å². The Kier molecular flexibility index (Phi) is 21.5. The number of nitrogens with one attached hydrogen (secondary N) is 3. The molecular weight excluding hydrogens is 1190 g/mol. The van der Waals surface area contributed by atoms with Crippen LogP contribution in [-0.2, 0) is 30.1 Å². The number of carboxylic acids is 1. The number of aromatic nitrogens is 10. The highest BCUT2D eigenvalue weighted by Crippen LogP contribution is 2.51. The van der Waals surface area contributed by atoms with Crippen LogP contribution in [0.4, 0.5) is 13.2 Å². The van der Waals surface area contributed by atoms with Crippen molar-refractivity contribution in [3.05, 3.63) is 272 Å². The zero-order chi connectivity index (χ0) is 63.1. The van der Waals surface area contributed by atoms with E-state index in [2.05, 4.69) is 66.9 Å². The fraction of sp³-hybridized carbons (Fsp3) is 0.156. The maximum atomic E-state index is 13.7. The molecule has 0 saturated carbocycles. The minimum atomic E-state index is -1.11. The van der Waals surface area contributed by atoms with E-state index >= 15 is 0 Å². The van der Waals surface area contributed by atoms with Gasteiger partial charge in [-0.2, -0.15) is 15.3 Å². The molecule has 24 heteroatoms. The Hall–Kier alpha value is -9.88. The number of hydrogen-bond donors (Lipinski definition) is 4. The first-order valence-corrected chi connectivity index (χ1v) is 28.8. The summed E-state index contributed by atoms with van der Waals surface area (Å²) in [4.78, 5) is 52.3. The predicted octanol–water partition coefficient (Wildman–Crippen LogP) is 12.9. The number of aromatic carboxylic acids is 1. The highest BCUT2D eigenvalue weighted by Gasteiger charge is 2.40. The molecule has 0 aliphatic rings. The van der Waals surface area contributed by atoms with Crippen LogP contribution < -0.4 is 10.2 Å². The van der Waals surface area contributed by atoms with Gasteiger partial charge in [0.05, 0.1) is 29.4 Å². The van der Waals surface area contributed by atoms with E-state index < -0.39 is 28.4 Å². The highest BCUT2D eigenvalue weighted by molar-refractivity contribution is 8.00. The molecule has 1 amide bonds. The maximum Gasteiger partial charge on any atom is 0.356 e. The Bertz CT molecular complexity index is 4150. The van der Waals surface area contributed by atoms with Crippen LogP contribution >= 0.6 is 36.2 Å². The normalized spacial score (nSPS) is 10.8. The quantitative estimate of drug-likeness (QED) is 0.0234. The Morgan fingerprint density at radius 1 is 0.636 bits per heavy atom. The minimum Gasteiger partial charge on any atom is -0.477 e. The lowest BCUT2D eigenvalue weighted by molar-refractivity contribution is -0.0150. The zero-order valence-corrected chi connectivity index (χ0v) is 51.2. The first-order chi connectivity index (χ1) is 42.3. The van der Waals surface area contributed by atoms with E-state index in [-0.39, 0.29) is 35.3 Å². The molecule has 5 aromatic heterocycles. The van der Waals surface area contributed by atoms with E-state index in [1.54, 1.807) is 72.7 Å². The number of imidazole rings is 3. The predicted molar refractivity (Wildman–Crippen MR) is 335 cm³/mol. The van der Waals surface area contributed by atoms with Crippen LogP contribution in [0.5, 0.6) is 5.75 Å². The topological polar surface area (TPSA) is 200 Å². The second-order valence-electron chi connectivity index (χ2n) is 19.3. The fourth-order valence-electron chi connectivity index (χ4n) is 9.20. The Balaban J connectivity index is 0.000000165. The van der Waals surface area contributed by atoms with Crippen molar-refractivity contribution in [2.45, 2.75) is 37.2 Å². The van der Waals surface area contributed by atoms with Crippen LogP contribution in [0.1, 0.15) is 72.0 Å². The van der Waals surface area contributed by atoms with Crippen molar-refractivity contribution >= 4 is 54.0 Å². The summed E-state index contributed by atoms with van der Waals surface area (Å²) >= 11 is 11.8. The molecule has 6 aromatic carbocycles. The number of carboxylic acid groups (broad SMARTS) is 1. The van der Waals surface area contributed by atoms with Gasteiger partial charge in [0.1, 0.15) is 28.8 Å². The van der Waals surface area contributed by atoms with E-state index in [9.17, 15) is 32.7 Å². The zero-order valence-electron chi connectivity index (χ0n) is 48.8. The van der Waals surface area contributed by atoms with Gasteiger partial charge < -0.3 is 30.0 Å². The van der Waals surface area contributed by atoms with Gasteiger partial charge in [-0.1, -0.05) is 103 Å². The number of nitrogens with zero attached hydrogens (tertiary/aromatic N) is 9. The van der Waals surface area contributed by atoms with E-state index in [0.717, 1.165) is 34.0 Å². The van der Waals surface area contributed by atoms with E-state index in [4.69, 9.17) is 34.0 Å². The third-order valence-corrected chi connectivity index (χ3v) is 15.3. The summed E-state index contributed by atoms with van der Waals surface area (Å²) in [5.74, 6) is -2.65. The summed E-state index contributed by atoms with van der Waals surface area (Å²) in [6.45, 7) is 6.71. The van der Waals surface area contributed by atoms with Crippen LogP contribution in [0.25, 0.3) is 17.1 Å². The Morgan fingerprint density at radius 2 is 1.07 bits per heavy atom. The third-order valence-electron chi connectivity index (χ3n) is 13.2. The summed E-state index contributed by atoms with van der Waals surface area (Å²) in [6.07, 6.45) is 8.02. The van der Waals surface area contributed by atoms with Crippen LogP contribution in [-0.4, -0.2) is 96.9 Å². The van der Waals surface area contributed by atoms with Crippen molar-refractivity contribution in [2.75, 3.05) is 20.7 Å². The molecule has 11 aromatic rings. The number of rotatable bonds is 16. The lowest BCUT2D eigenvalue weighted by Gasteiger charge is -2.35. The van der Waals surface area contributed by atoms with Gasteiger partial charge in [0.2, 0.25) is 0 Å². The van der Waals surface area contributed by atoms with E-state index in [1.807, 2.05) is 86.5 Å². The molecule has 0 atom stereocenters. The molecular formula is C64H61F3N12O6S3. The number of hydroxylamine groups is 2. The van der Waals surface area contributed by atoms with Gasteiger partial charge >= 0.3 is 17.8 Å². The van der Waals surface area contributed by atoms with Crippen molar-refractivity contribution in [3.63, 3.8) is 0 Å². The number of benzene rings is 6. The van der Waals surface area contributed by atoms with Gasteiger partial charge in [0.25, 0.3) is 0 Å². The molecule has 0 radical (unpaired) electrons. The molecule has 11 rings (SSSR count). The van der Waals surface area contributed by atoms with Crippen molar-refractivity contribution in [3.8, 4) is 22.8 Å². The van der Waals surface area contributed by atoms with Crippen LogP contribution in [0.2, 0.25) is 0 Å². The van der Waals surface area contributed by atoms with Crippen molar-refractivity contribution in [2.24, 2.45) is 14.1 Å². The molecule has 0 aliphatic carbocycles. The standard InChI is InChI=1S/C29H21FN2O2S.C16H16FN5O2S.C12H11FN2O2S.C7H13N3/c30-24-16-18-25(19-17-24)32-26(27(33)34)20-31-28(32)35-29(21-10-4-1-5-11-21,22-12-6-2-7-13-22)23-14-8-3-9-15-23;1-10-14(9-20(2)19-10)24-21(3)15(23)13-8-18-16(25)22(13)12-6-4-11(17)5-7-12;1-2-17-11(16)10-7-14-12(18)15(10)9-5-3-8(13)4-6-9;1-6-7(4-8-2)5-10(3)9-6/h1-20H,(H,33,34);4-9H,1-3H3,(H,18,25);3-7H,2H2,1H3,(H,14,18);5,8H,4H2,1-3H3. The Morgan fingerprint density at radius 3 is 1.48 bits per heavy atom. The average Bonchev–Trinajstić information content (AvgIpc) is 1.16. The summed E-state index contributed by atoms with van der Waals surface area (Å²) in [5, 5.41) is 22.9. The highest BCUT2D eigenvalue weighted by atomic mass is 32.2. The molecule has 0 saturated heterocycles. The minimum absolute atomic E-state index is 0.00203. The number of aryl methyl sites for hydroxylation is 4. The first-order valence-electron chi connectivity index (χ1n) is 27.2. The van der Waals surface area contributed by atoms with Gasteiger partial charge in [-0.25, -0.2) is 27.7 Å². The number of carbonyl (C=O) groups excluding carboxylic acids is 2. The van der Waals surface area contributed by atoms with Crippen molar-refractivity contribution < 1.29 is 42.2 Å². The van der Waals surface area contributed by atoms with Crippen LogP contribution in [0.3, 0.4) is 0 Å². The lowest BCUT2D eigenvalue weighted by atomic mass is 9.84. The second-order valence-corrected chi connectivity index (χ2v) is 21.3. The lowest BCUT2D eigenvalue weighted by Crippen LogP contribution is -2.31. The first kappa shape index (κ1) is 64.1. The molecule has 4 N–H and O–H groups in total. The summed E-state index contributed by atoms with van der Waals surface area (Å²) in [5.41, 5.74) is 8.35. The SMILES string of the molecule is CCOC(=O)c1c[nH]c(=S)n1-c1ccc(F)cc1.CNCc1cn(C)nc1C.Cc1nn(C)cc1ON(C)C(=O)c1c[nH]c(=S)n1-c1ccc(F)cc1.O=C(O)c1cnc(SC(c2ccccc2)(c2ccccc2)c2ccccc2)n1-c1ccc(F)cc1. The summed E-state index contributed by atoms with van der Waals surface area (Å²) in [7, 11) is 7.14.